The number of aryl methyl sites for hydroxylation is 1. The van der Waals surface area contributed by atoms with Gasteiger partial charge in [0.2, 0.25) is 0 Å². The van der Waals surface area contributed by atoms with Crippen molar-refractivity contribution in [2.45, 2.75) is 45.4 Å². The summed E-state index contributed by atoms with van der Waals surface area (Å²) < 4.78 is 0. The van der Waals surface area contributed by atoms with Crippen molar-refractivity contribution in [2.75, 3.05) is 26.2 Å². The third-order valence-electron chi connectivity index (χ3n) is 6.38. The maximum absolute atomic E-state index is 12.8. The first kappa shape index (κ1) is 20.5. The molecule has 4 rings (SSSR count). The molecule has 2 aliphatic heterocycles. The smallest absolute Gasteiger partial charge is 0.255 e. The number of carbonyl (C=O) groups is 2. The van der Waals surface area contributed by atoms with Gasteiger partial charge in [-0.3, -0.25) is 19.6 Å². The molecule has 2 fully saturated rings. The highest BCUT2D eigenvalue weighted by Crippen LogP contribution is 2.29. The highest BCUT2D eigenvalue weighted by Gasteiger charge is 2.29. The highest BCUT2D eigenvalue weighted by atomic mass is 16.2. The van der Waals surface area contributed by atoms with Crippen molar-refractivity contribution in [3.8, 4) is 0 Å². The van der Waals surface area contributed by atoms with Crippen molar-refractivity contribution < 1.29 is 9.59 Å². The lowest BCUT2D eigenvalue weighted by Gasteiger charge is -2.30. The van der Waals surface area contributed by atoms with Crippen LogP contribution in [-0.2, 0) is 6.42 Å². The van der Waals surface area contributed by atoms with Gasteiger partial charge in [0.15, 0.2) is 0 Å². The summed E-state index contributed by atoms with van der Waals surface area (Å²) in [4.78, 5) is 37.8. The van der Waals surface area contributed by atoms with E-state index in [4.69, 9.17) is 0 Å². The van der Waals surface area contributed by atoms with Gasteiger partial charge >= 0.3 is 0 Å². The Balaban J connectivity index is 1.31. The standard InChI is InChI=1S/C24H30N4O2/c1-3-21-7-5-19(14-25-21)24(30)28-12-9-18(16-28)13-17(2)22-8-6-20(15-26-22)23(29)27-10-4-11-27/h5-8,14-15,17-18H,3-4,9-13,16H2,1-2H3. The molecule has 6 nitrogen and oxygen atoms in total. The van der Waals surface area contributed by atoms with Crippen LogP contribution in [0.3, 0.4) is 0 Å². The second-order valence-corrected chi connectivity index (χ2v) is 8.55. The van der Waals surface area contributed by atoms with Crippen LogP contribution in [0.5, 0.6) is 0 Å². The molecule has 0 aromatic carbocycles. The molecular formula is C24H30N4O2. The van der Waals surface area contributed by atoms with E-state index in [-0.39, 0.29) is 11.8 Å². The van der Waals surface area contributed by atoms with Crippen LogP contribution in [0.1, 0.15) is 71.1 Å². The molecule has 2 aromatic rings. The SMILES string of the molecule is CCc1ccc(C(=O)N2CCC(CC(C)c3ccc(C(=O)N4CCC4)cn3)C2)cn1. The molecule has 0 N–H and O–H groups in total. The van der Waals surface area contributed by atoms with Crippen LogP contribution in [0.15, 0.2) is 36.7 Å². The fourth-order valence-electron chi connectivity index (χ4n) is 4.30. The van der Waals surface area contributed by atoms with Gasteiger partial charge < -0.3 is 9.80 Å². The topological polar surface area (TPSA) is 66.4 Å². The van der Waals surface area contributed by atoms with E-state index >= 15 is 0 Å². The summed E-state index contributed by atoms with van der Waals surface area (Å²) in [5.41, 5.74) is 3.36. The largest absolute Gasteiger partial charge is 0.338 e. The van der Waals surface area contributed by atoms with E-state index < -0.39 is 0 Å². The minimum absolute atomic E-state index is 0.0762. The number of likely N-dealkylation sites (tertiary alicyclic amines) is 2. The van der Waals surface area contributed by atoms with Gasteiger partial charge in [0.05, 0.1) is 11.1 Å². The summed E-state index contributed by atoms with van der Waals surface area (Å²) in [6, 6.07) is 7.70. The van der Waals surface area contributed by atoms with Gasteiger partial charge in [0, 0.05) is 50.0 Å². The first-order chi connectivity index (χ1) is 14.5. The molecule has 6 heteroatoms. The van der Waals surface area contributed by atoms with Gasteiger partial charge in [-0.1, -0.05) is 13.8 Å². The minimum atomic E-state index is 0.0762. The molecule has 0 saturated carbocycles. The molecule has 2 unspecified atom stereocenters. The van der Waals surface area contributed by atoms with Crippen molar-refractivity contribution in [3.63, 3.8) is 0 Å². The Morgan fingerprint density at radius 3 is 2.27 bits per heavy atom. The Morgan fingerprint density at radius 1 is 1.00 bits per heavy atom. The van der Waals surface area contributed by atoms with E-state index in [9.17, 15) is 9.59 Å². The van der Waals surface area contributed by atoms with E-state index in [1.165, 1.54) is 0 Å². The fourth-order valence-corrected chi connectivity index (χ4v) is 4.30. The molecule has 2 amide bonds. The molecule has 0 spiro atoms. The van der Waals surface area contributed by atoms with E-state index in [1.54, 1.807) is 12.4 Å². The zero-order chi connectivity index (χ0) is 21.1. The van der Waals surface area contributed by atoms with Gasteiger partial charge in [0.1, 0.15) is 0 Å². The fraction of sp³-hybridized carbons (Fsp3) is 0.500. The molecule has 0 bridgehead atoms. The molecule has 2 saturated heterocycles. The maximum Gasteiger partial charge on any atom is 0.255 e. The molecule has 4 heterocycles. The first-order valence-corrected chi connectivity index (χ1v) is 11.0. The molecule has 30 heavy (non-hydrogen) atoms. The zero-order valence-corrected chi connectivity index (χ0v) is 17.9. The Hall–Kier alpha value is -2.76. The van der Waals surface area contributed by atoms with E-state index in [1.807, 2.05) is 34.1 Å². The first-order valence-electron chi connectivity index (χ1n) is 11.0. The van der Waals surface area contributed by atoms with Crippen molar-refractivity contribution >= 4 is 11.8 Å². The van der Waals surface area contributed by atoms with E-state index in [0.29, 0.717) is 23.0 Å². The second-order valence-electron chi connectivity index (χ2n) is 8.55. The highest BCUT2D eigenvalue weighted by molar-refractivity contribution is 5.94. The lowest BCUT2D eigenvalue weighted by molar-refractivity contribution is 0.0651. The number of amides is 2. The van der Waals surface area contributed by atoms with Crippen LogP contribution in [0.25, 0.3) is 0 Å². The monoisotopic (exact) mass is 406 g/mol. The van der Waals surface area contributed by atoms with Gasteiger partial charge in [0.25, 0.3) is 11.8 Å². The summed E-state index contributed by atoms with van der Waals surface area (Å²) in [6.07, 6.45) is 7.38. The Morgan fingerprint density at radius 2 is 1.70 bits per heavy atom. The van der Waals surface area contributed by atoms with Gasteiger partial charge in [-0.25, -0.2) is 0 Å². The molecule has 158 valence electrons. The minimum Gasteiger partial charge on any atom is -0.338 e. The molecule has 2 aliphatic rings. The van der Waals surface area contributed by atoms with Gasteiger partial charge in [-0.2, -0.15) is 0 Å². The van der Waals surface area contributed by atoms with Crippen molar-refractivity contribution in [3.05, 3.63) is 59.2 Å². The number of hydrogen-bond acceptors (Lipinski definition) is 4. The van der Waals surface area contributed by atoms with Crippen LogP contribution in [0, 0.1) is 5.92 Å². The van der Waals surface area contributed by atoms with Crippen LogP contribution < -0.4 is 0 Å². The summed E-state index contributed by atoms with van der Waals surface area (Å²) in [7, 11) is 0. The van der Waals surface area contributed by atoms with E-state index in [2.05, 4.69) is 23.8 Å². The molecular weight excluding hydrogens is 376 g/mol. The summed E-state index contributed by atoms with van der Waals surface area (Å²) in [5, 5.41) is 0. The van der Waals surface area contributed by atoms with Crippen molar-refractivity contribution in [1.29, 1.82) is 0 Å². The molecule has 0 radical (unpaired) electrons. The molecule has 0 aliphatic carbocycles. The van der Waals surface area contributed by atoms with Crippen LogP contribution in [0.2, 0.25) is 0 Å². The predicted octanol–water partition coefficient (Wildman–Crippen LogP) is 3.54. The van der Waals surface area contributed by atoms with Gasteiger partial charge in [-0.05, 0) is 61.8 Å². The lowest BCUT2D eigenvalue weighted by Crippen LogP contribution is -2.42. The number of nitrogens with zero attached hydrogens (tertiary/aromatic N) is 4. The van der Waals surface area contributed by atoms with E-state index in [0.717, 1.165) is 63.3 Å². The average Bonchev–Trinajstić information content (AvgIpc) is 3.20. The second kappa shape index (κ2) is 8.94. The maximum atomic E-state index is 12.8. The van der Waals surface area contributed by atoms with Crippen molar-refractivity contribution in [2.24, 2.45) is 5.92 Å². The number of carbonyl (C=O) groups excluding carboxylic acids is 2. The summed E-state index contributed by atoms with van der Waals surface area (Å²) in [6.45, 7) is 7.52. The van der Waals surface area contributed by atoms with Crippen LogP contribution >= 0.6 is 0 Å². The quantitative estimate of drug-likeness (QED) is 0.736. The third-order valence-corrected chi connectivity index (χ3v) is 6.38. The Bertz CT molecular complexity index is 890. The molecule has 2 atom stereocenters. The average molecular weight is 407 g/mol. The number of aromatic nitrogens is 2. The number of hydrogen-bond donors (Lipinski definition) is 0. The number of pyridine rings is 2. The molecule has 2 aromatic heterocycles. The number of rotatable bonds is 6. The summed E-state index contributed by atoms with van der Waals surface area (Å²) in [5.74, 6) is 0.923. The normalized spacial score (nSPS) is 19.5. The van der Waals surface area contributed by atoms with Crippen molar-refractivity contribution in [1.82, 2.24) is 19.8 Å². The summed E-state index contributed by atoms with van der Waals surface area (Å²) >= 11 is 0. The lowest BCUT2D eigenvalue weighted by atomic mass is 9.92. The Labute approximate surface area is 178 Å². The predicted molar refractivity (Wildman–Crippen MR) is 115 cm³/mol. The third kappa shape index (κ3) is 4.37. The van der Waals surface area contributed by atoms with Gasteiger partial charge in [-0.15, -0.1) is 0 Å². The Kier molecular flexibility index (Phi) is 6.11. The zero-order valence-electron chi connectivity index (χ0n) is 17.9. The van der Waals surface area contributed by atoms with Crippen LogP contribution in [0.4, 0.5) is 0 Å². The van der Waals surface area contributed by atoms with Crippen LogP contribution in [-0.4, -0.2) is 57.8 Å².